The van der Waals surface area contributed by atoms with Crippen LogP contribution in [0.1, 0.15) is 18.4 Å². The number of hydrogen-bond acceptors (Lipinski definition) is 8. The summed E-state index contributed by atoms with van der Waals surface area (Å²) < 4.78 is 9.38. The molecule has 3 amide bonds. The fraction of sp³-hybridized carbons (Fsp3) is 0.400. The van der Waals surface area contributed by atoms with Gasteiger partial charge in [-0.15, -0.1) is 10.2 Å². The zero-order valence-electron chi connectivity index (χ0n) is 23.9. The first-order chi connectivity index (χ1) is 21.2. The Morgan fingerprint density at radius 3 is 2.64 bits per heavy atom. The fourth-order valence-electron chi connectivity index (χ4n) is 5.31. The number of halogens is 3. The van der Waals surface area contributed by atoms with Gasteiger partial charge in [-0.1, -0.05) is 94.2 Å². The fourth-order valence-corrected chi connectivity index (χ4v) is 5.89. The van der Waals surface area contributed by atoms with E-state index in [1.54, 1.807) is 10.4 Å². The van der Waals surface area contributed by atoms with Crippen molar-refractivity contribution >= 4 is 68.9 Å². The average Bonchev–Trinajstić information content (AvgIpc) is 3.66. The predicted octanol–water partition coefficient (Wildman–Crippen LogP) is 5.48. The Hall–Kier alpha value is -2.93. The number of aromatic nitrogens is 2. The highest BCUT2D eigenvalue weighted by atomic mass is 35.6. The highest BCUT2D eigenvalue weighted by molar-refractivity contribution is 7.13. The molecule has 1 unspecified atom stereocenters. The van der Waals surface area contributed by atoms with Crippen LogP contribution in [0.15, 0.2) is 71.8 Å². The number of carbonyl (C=O) groups excluding carboxylic acids is 2. The molecular formula is C30H33Cl3N6O4S. The first-order valence-corrected chi connectivity index (χ1v) is 16.2. The second-order valence-corrected chi connectivity index (χ2v) is 13.7. The van der Waals surface area contributed by atoms with Gasteiger partial charge >= 0.3 is 6.03 Å². The van der Waals surface area contributed by atoms with E-state index in [2.05, 4.69) is 25.7 Å². The van der Waals surface area contributed by atoms with Crippen molar-refractivity contribution in [2.45, 2.75) is 28.6 Å². The number of ether oxygens (including phenoxy) is 2. The highest BCUT2D eigenvalue weighted by Gasteiger charge is 2.41. The number of alkyl halides is 3. The summed E-state index contributed by atoms with van der Waals surface area (Å²) in [5.74, 6) is -0.0537. The van der Waals surface area contributed by atoms with Crippen LogP contribution in [0.3, 0.4) is 0 Å². The molecule has 5 rings (SSSR count). The summed E-state index contributed by atoms with van der Waals surface area (Å²) in [6.07, 6.45) is 3.67. The largest absolute Gasteiger partial charge is 0.492 e. The molecule has 14 heteroatoms. The SMILES string of the molecule is O=C(Nc1nncs1)N(CC1=CC(Cc2ccccc2)(NC(=O)C(Cl)(Cl)Cl)CC1)c1cccc(OCCN2CCOCC2)c1. The highest BCUT2D eigenvalue weighted by Crippen LogP contribution is 2.36. The van der Waals surface area contributed by atoms with E-state index in [1.807, 2.05) is 60.7 Å². The lowest BCUT2D eigenvalue weighted by molar-refractivity contribution is -0.121. The third-order valence-corrected chi connectivity index (χ3v) is 8.57. The van der Waals surface area contributed by atoms with Crippen LogP contribution in [0.5, 0.6) is 5.75 Å². The molecule has 1 aromatic heterocycles. The van der Waals surface area contributed by atoms with Crippen molar-refractivity contribution in [3.05, 3.63) is 77.3 Å². The van der Waals surface area contributed by atoms with Gasteiger partial charge in [0.15, 0.2) is 0 Å². The second-order valence-electron chi connectivity index (χ2n) is 10.6. The Kier molecular flexibility index (Phi) is 11.0. The van der Waals surface area contributed by atoms with E-state index in [4.69, 9.17) is 44.3 Å². The van der Waals surface area contributed by atoms with E-state index in [-0.39, 0.29) is 12.6 Å². The van der Waals surface area contributed by atoms with Gasteiger partial charge in [-0.25, -0.2) is 4.79 Å². The average molecular weight is 680 g/mol. The minimum atomic E-state index is -2.11. The van der Waals surface area contributed by atoms with E-state index >= 15 is 0 Å². The Labute approximate surface area is 275 Å². The number of nitrogens with one attached hydrogen (secondary N) is 2. The van der Waals surface area contributed by atoms with Crippen molar-refractivity contribution in [2.24, 2.45) is 0 Å². The van der Waals surface area contributed by atoms with Gasteiger partial charge in [0.2, 0.25) is 5.13 Å². The van der Waals surface area contributed by atoms with E-state index in [0.29, 0.717) is 42.4 Å². The third kappa shape index (κ3) is 9.06. The second kappa shape index (κ2) is 14.9. The summed E-state index contributed by atoms with van der Waals surface area (Å²) in [6.45, 7) is 4.76. The molecule has 2 N–H and O–H groups in total. The van der Waals surface area contributed by atoms with Crippen LogP contribution in [-0.4, -0.2) is 82.4 Å². The van der Waals surface area contributed by atoms with Crippen LogP contribution in [0, 0.1) is 0 Å². The lowest BCUT2D eigenvalue weighted by Crippen LogP contribution is -2.51. The van der Waals surface area contributed by atoms with E-state index in [9.17, 15) is 9.59 Å². The van der Waals surface area contributed by atoms with Gasteiger partial charge in [0.25, 0.3) is 9.70 Å². The van der Waals surface area contributed by atoms with Crippen molar-refractivity contribution in [3.63, 3.8) is 0 Å². The maximum atomic E-state index is 13.6. The molecule has 10 nitrogen and oxygen atoms in total. The molecule has 234 valence electrons. The zero-order valence-corrected chi connectivity index (χ0v) is 27.0. The maximum Gasteiger partial charge on any atom is 0.328 e. The predicted molar refractivity (Wildman–Crippen MR) is 174 cm³/mol. The third-order valence-electron chi connectivity index (χ3n) is 7.44. The number of urea groups is 1. The summed E-state index contributed by atoms with van der Waals surface area (Å²) in [4.78, 5) is 30.4. The molecule has 1 aliphatic heterocycles. The smallest absolute Gasteiger partial charge is 0.328 e. The number of amides is 3. The molecule has 0 saturated carbocycles. The van der Waals surface area contributed by atoms with Gasteiger partial charge in [0.1, 0.15) is 17.9 Å². The van der Waals surface area contributed by atoms with Gasteiger partial charge in [-0.3, -0.25) is 19.9 Å². The van der Waals surface area contributed by atoms with Gasteiger partial charge in [-0.2, -0.15) is 0 Å². The molecule has 1 saturated heterocycles. The molecule has 44 heavy (non-hydrogen) atoms. The van der Waals surface area contributed by atoms with Crippen molar-refractivity contribution in [1.82, 2.24) is 20.4 Å². The number of hydrogen-bond donors (Lipinski definition) is 2. The minimum Gasteiger partial charge on any atom is -0.492 e. The number of rotatable bonds is 11. The van der Waals surface area contributed by atoms with Crippen LogP contribution in [-0.2, 0) is 16.0 Å². The summed E-state index contributed by atoms with van der Waals surface area (Å²) in [7, 11) is 0. The normalized spacial score (nSPS) is 18.8. The topological polar surface area (TPSA) is 109 Å². The van der Waals surface area contributed by atoms with Crippen LogP contribution in [0.25, 0.3) is 0 Å². The standard InChI is InChI=1S/C30H33Cl3N6O4S/c31-30(32,33)26(40)36-29(18-22-5-2-1-3-6-22)10-9-23(19-29)20-39(28(41)35-27-37-34-21-44-27)24-7-4-8-25(17-24)43-16-13-38-11-14-42-15-12-38/h1-8,17,19,21H,9-16,18,20H2,(H,36,40)(H,35,37,41). The van der Waals surface area contributed by atoms with E-state index in [0.717, 1.165) is 44.0 Å². The molecule has 3 aromatic rings. The Bertz CT molecular complexity index is 1430. The molecule has 2 heterocycles. The molecule has 1 atom stereocenters. The quantitative estimate of drug-likeness (QED) is 0.204. The lowest BCUT2D eigenvalue weighted by Gasteiger charge is -2.30. The number of carbonyl (C=O) groups is 2. The number of anilines is 2. The van der Waals surface area contributed by atoms with Gasteiger partial charge in [0.05, 0.1) is 18.8 Å². The van der Waals surface area contributed by atoms with Crippen LogP contribution in [0.2, 0.25) is 0 Å². The number of nitrogens with zero attached hydrogens (tertiary/aromatic N) is 4. The Balaban J connectivity index is 1.37. The van der Waals surface area contributed by atoms with Gasteiger partial charge < -0.3 is 14.8 Å². The van der Waals surface area contributed by atoms with Crippen LogP contribution >= 0.6 is 46.1 Å². The first kappa shape index (κ1) is 32.5. The molecule has 2 aromatic carbocycles. The first-order valence-electron chi connectivity index (χ1n) is 14.2. The molecule has 0 spiro atoms. The maximum absolute atomic E-state index is 13.6. The van der Waals surface area contributed by atoms with E-state index in [1.165, 1.54) is 11.3 Å². The summed E-state index contributed by atoms with van der Waals surface area (Å²) >= 11 is 19.0. The molecule has 0 radical (unpaired) electrons. The molecule has 1 aliphatic carbocycles. The summed E-state index contributed by atoms with van der Waals surface area (Å²) in [5.41, 5.74) is 3.35. The lowest BCUT2D eigenvalue weighted by atomic mass is 9.90. The molecule has 0 bridgehead atoms. The van der Waals surface area contributed by atoms with Crippen molar-refractivity contribution in [1.29, 1.82) is 0 Å². The molecule has 2 aliphatic rings. The Morgan fingerprint density at radius 2 is 1.91 bits per heavy atom. The Morgan fingerprint density at radius 1 is 1.11 bits per heavy atom. The monoisotopic (exact) mass is 678 g/mol. The minimum absolute atomic E-state index is 0.252. The number of benzene rings is 2. The van der Waals surface area contributed by atoms with Crippen LogP contribution in [0.4, 0.5) is 15.6 Å². The molecular weight excluding hydrogens is 647 g/mol. The van der Waals surface area contributed by atoms with E-state index < -0.39 is 15.2 Å². The molecule has 1 fully saturated rings. The summed E-state index contributed by atoms with van der Waals surface area (Å²) in [6, 6.07) is 16.8. The van der Waals surface area contributed by atoms with Gasteiger partial charge in [0, 0.05) is 37.9 Å². The van der Waals surface area contributed by atoms with Crippen LogP contribution < -0.4 is 20.3 Å². The number of morpholine rings is 1. The van der Waals surface area contributed by atoms with Crippen molar-refractivity contribution < 1.29 is 19.1 Å². The van der Waals surface area contributed by atoms with Crippen molar-refractivity contribution in [3.8, 4) is 5.75 Å². The van der Waals surface area contributed by atoms with Crippen molar-refractivity contribution in [2.75, 3.05) is 56.2 Å². The zero-order chi connectivity index (χ0) is 31.0. The van der Waals surface area contributed by atoms with Gasteiger partial charge in [-0.05, 0) is 37.0 Å². The summed E-state index contributed by atoms with van der Waals surface area (Å²) in [5, 5.41) is 14.0.